The number of carbonyl (C=O) groups is 2. The Kier molecular flexibility index (Phi) is 5.17. The Hall–Kier alpha value is -2.22. The van der Waals surface area contributed by atoms with E-state index in [4.69, 9.17) is 0 Å². The van der Waals surface area contributed by atoms with Gasteiger partial charge in [-0.2, -0.15) is 0 Å². The van der Waals surface area contributed by atoms with Crippen LogP contribution in [0.5, 0.6) is 0 Å². The average molecular weight is 361 g/mol. The predicted octanol–water partition coefficient (Wildman–Crippen LogP) is 2.19. The largest absolute Gasteiger partial charge is 0.344 e. The third-order valence-electron chi connectivity index (χ3n) is 4.61. The molecule has 0 radical (unpaired) electrons. The van der Waals surface area contributed by atoms with Crippen LogP contribution < -0.4 is 5.32 Å². The number of hydrogen-bond donors (Lipinski definition) is 1. The molecule has 2 aromatic rings. The molecule has 1 aliphatic rings. The van der Waals surface area contributed by atoms with Gasteiger partial charge in [0.25, 0.3) is 5.91 Å². The van der Waals surface area contributed by atoms with Gasteiger partial charge >= 0.3 is 0 Å². The third kappa shape index (κ3) is 3.73. The number of carbonyl (C=O) groups excluding carboxylic acids is 2. The minimum absolute atomic E-state index is 0.0450. The highest BCUT2D eigenvalue weighted by molar-refractivity contribution is 7.11. The van der Waals surface area contributed by atoms with E-state index in [1.165, 1.54) is 11.3 Å². The molecule has 1 atom stereocenters. The molecule has 0 spiro atoms. The molecule has 1 aliphatic heterocycles. The van der Waals surface area contributed by atoms with Crippen LogP contribution in [0.1, 0.15) is 58.4 Å². The van der Waals surface area contributed by atoms with E-state index in [0.29, 0.717) is 12.2 Å². The van der Waals surface area contributed by atoms with E-state index < -0.39 is 0 Å². The SMILES string of the molecule is CC(=O)N1CCCC[C@@H]1c1ccc(C(=O)NCc2nnc(C)s2)n1C. The second kappa shape index (κ2) is 7.35. The normalized spacial score (nSPS) is 17.6. The molecule has 2 amide bonds. The van der Waals surface area contributed by atoms with Gasteiger partial charge in [-0.1, -0.05) is 11.3 Å². The Labute approximate surface area is 151 Å². The summed E-state index contributed by atoms with van der Waals surface area (Å²) in [5.41, 5.74) is 1.59. The summed E-state index contributed by atoms with van der Waals surface area (Å²) in [5, 5.41) is 12.5. The van der Waals surface area contributed by atoms with E-state index in [1.807, 2.05) is 35.6 Å². The van der Waals surface area contributed by atoms with Crippen molar-refractivity contribution >= 4 is 23.2 Å². The van der Waals surface area contributed by atoms with Gasteiger partial charge in [0.15, 0.2) is 0 Å². The summed E-state index contributed by atoms with van der Waals surface area (Å²) in [6, 6.07) is 3.82. The van der Waals surface area contributed by atoms with Gasteiger partial charge in [0.2, 0.25) is 5.91 Å². The zero-order chi connectivity index (χ0) is 18.0. The van der Waals surface area contributed by atoms with Crippen LogP contribution in [0, 0.1) is 6.92 Å². The molecule has 1 fully saturated rings. The summed E-state index contributed by atoms with van der Waals surface area (Å²) in [6.07, 6.45) is 3.06. The first-order valence-electron chi connectivity index (χ1n) is 8.47. The second-order valence-electron chi connectivity index (χ2n) is 6.32. The van der Waals surface area contributed by atoms with Crippen LogP contribution in [0.25, 0.3) is 0 Å². The zero-order valence-electron chi connectivity index (χ0n) is 14.8. The standard InChI is InChI=1S/C17H23N5O2S/c1-11-19-20-16(25-11)10-18-17(24)15-8-7-13(21(15)3)14-6-4-5-9-22(14)12(2)23/h7-8,14H,4-6,9-10H2,1-3H3,(H,18,24)/t14-/m1/s1. The maximum Gasteiger partial charge on any atom is 0.268 e. The molecule has 134 valence electrons. The number of nitrogens with zero attached hydrogens (tertiary/aromatic N) is 4. The summed E-state index contributed by atoms with van der Waals surface area (Å²) < 4.78 is 1.90. The number of hydrogen-bond acceptors (Lipinski definition) is 5. The molecule has 1 N–H and O–H groups in total. The number of likely N-dealkylation sites (tertiary alicyclic amines) is 1. The number of aryl methyl sites for hydroxylation is 1. The van der Waals surface area contributed by atoms with Crippen molar-refractivity contribution < 1.29 is 9.59 Å². The summed E-state index contributed by atoms with van der Waals surface area (Å²) in [4.78, 5) is 26.3. The van der Waals surface area contributed by atoms with E-state index in [0.717, 1.165) is 41.5 Å². The van der Waals surface area contributed by atoms with Crippen molar-refractivity contribution in [2.75, 3.05) is 6.54 Å². The van der Waals surface area contributed by atoms with Crippen molar-refractivity contribution in [2.24, 2.45) is 7.05 Å². The molecule has 7 nitrogen and oxygen atoms in total. The molecule has 0 bridgehead atoms. The van der Waals surface area contributed by atoms with Gasteiger partial charge < -0.3 is 14.8 Å². The molecule has 1 saturated heterocycles. The number of aromatic nitrogens is 3. The van der Waals surface area contributed by atoms with Gasteiger partial charge in [-0.25, -0.2) is 0 Å². The molecule has 3 heterocycles. The Morgan fingerprint density at radius 1 is 1.32 bits per heavy atom. The molecule has 0 saturated carbocycles. The lowest BCUT2D eigenvalue weighted by atomic mass is 9.99. The van der Waals surface area contributed by atoms with Crippen LogP contribution in [-0.2, 0) is 18.4 Å². The maximum absolute atomic E-state index is 12.5. The first kappa shape index (κ1) is 17.6. The number of amides is 2. The Morgan fingerprint density at radius 3 is 2.80 bits per heavy atom. The van der Waals surface area contributed by atoms with Crippen molar-refractivity contribution in [2.45, 2.75) is 45.7 Å². The fourth-order valence-electron chi connectivity index (χ4n) is 3.36. The highest BCUT2D eigenvalue weighted by Gasteiger charge is 2.28. The fraction of sp³-hybridized carbons (Fsp3) is 0.529. The van der Waals surface area contributed by atoms with Gasteiger partial charge in [0.05, 0.1) is 12.6 Å². The van der Waals surface area contributed by atoms with E-state index in [1.54, 1.807) is 6.92 Å². The van der Waals surface area contributed by atoms with Crippen molar-refractivity contribution in [3.8, 4) is 0 Å². The van der Waals surface area contributed by atoms with E-state index in [-0.39, 0.29) is 17.9 Å². The summed E-state index contributed by atoms with van der Waals surface area (Å²) in [5.74, 6) is -0.0599. The van der Waals surface area contributed by atoms with Crippen LogP contribution >= 0.6 is 11.3 Å². The van der Waals surface area contributed by atoms with Gasteiger partial charge in [-0.15, -0.1) is 10.2 Å². The minimum Gasteiger partial charge on any atom is -0.344 e. The number of rotatable bonds is 4. The lowest BCUT2D eigenvalue weighted by Gasteiger charge is -2.35. The number of nitrogens with one attached hydrogen (secondary N) is 1. The molecule has 0 aliphatic carbocycles. The maximum atomic E-state index is 12.5. The van der Waals surface area contributed by atoms with Crippen molar-refractivity contribution in [3.63, 3.8) is 0 Å². The van der Waals surface area contributed by atoms with E-state index in [2.05, 4.69) is 15.5 Å². The lowest BCUT2D eigenvalue weighted by molar-refractivity contribution is -0.132. The highest BCUT2D eigenvalue weighted by Crippen LogP contribution is 2.31. The molecule has 2 aromatic heterocycles. The lowest BCUT2D eigenvalue weighted by Crippen LogP contribution is -2.38. The number of piperidine rings is 1. The third-order valence-corrected chi connectivity index (χ3v) is 5.45. The molecule has 25 heavy (non-hydrogen) atoms. The van der Waals surface area contributed by atoms with Crippen molar-refractivity contribution in [1.82, 2.24) is 25.0 Å². The minimum atomic E-state index is -0.146. The Morgan fingerprint density at radius 2 is 2.12 bits per heavy atom. The fourth-order valence-corrected chi connectivity index (χ4v) is 4.01. The zero-order valence-corrected chi connectivity index (χ0v) is 15.6. The molecule has 3 rings (SSSR count). The first-order valence-corrected chi connectivity index (χ1v) is 9.29. The van der Waals surface area contributed by atoms with Crippen LogP contribution in [0.4, 0.5) is 0 Å². The molecule has 0 unspecified atom stereocenters. The molecule has 0 aromatic carbocycles. The molecular weight excluding hydrogens is 338 g/mol. The van der Waals surface area contributed by atoms with Crippen LogP contribution in [0.15, 0.2) is 12.1 Å². The second-order valence-corrected chi connectivity index (χ2v) is 7.59. The van der Waals surface area contributed by atoms with E-state index >= 15 is 0 Å². The smallest absolute Gasteiger partial charge is 0.268 e. The predicted molar refractivity (Wildman–Crippen MR) is 95.2 cm³/mol. The van der Waals surface area contributed by atoms with Gasteiger partial charge in [0, 0.05) is 26.2 Å². The van der Waals surface area contributed by atoms with E-state index in [9.17, 15) is 9.59 Å². The molecular formula is C17H23N5O2S. The Balaban J connectivity index is 1.73. The summed E-state index contributed by atoms with van der Waals surface area (Å²) in [6.45, 7) is 4.65. The van der Waals surface area contributed by atoms with Crippen LogP contribution in [0.2, 0.25) is 0 Å². The van der Waals surface area contributed by atoms with Crippen molar-refractivity contribution in [1.29, 1.82) is 0 Å². The average Bonchev–Trinajstić information content (AvgIpc) is 3.18. The summed E-state index contributed by atoms with van der Waals surface area (Å²) in [7, 11) is 1.88. The van der Waals surface area contributed by atoms with Gasteiger partial charge in [-0.05, 0) is 38.3 Å². The summed E-state index contributed by atoms with van der Waals surface area (Å²) >= 11 is 1.47. The molecule has 8 heteroatoms. The highest BCUT2D eigenvalue weighted by atomic mass is 32.1. The quantitative estimate of drug-likeness (QED) is 0.905. The topological polar surface area (TPSA) is 80.1 Å². The van der Waals surface area contributed by atoms with Crippen LogP contribution in [0.3, 0.4) is 0 Å². The van der Waals surface area contributed by atoms with Gasteiger partial charge in [0.1, 0.15) is 15.7 Å². The first-order chi connectivity index (χ1) is 12.0. The Bertz CT molecular complexity index is 782. The monoisotopic (exact) mass is 361 g/mol. The van der Waals surface area contributed by atoms with Crippen molar-refractivity contribution in [3.05, 3.63) is 33.5 Å². The van der Waals surface area contributed by atoms with Gasteiger partial charge in [-0.3, -0.25) is 9.59 Å². The van der Waals surface area contributed by atoms with Crippen LogP contribution in [-0.4, -0.2) is 38.0 Å².